The van der Waals surface area contributed by atoms with Crippen molar-refractivity contribution in [1.82, 2.24) is 5.32 Å². The van der Waals surface area contributed by atoms with E-state index in [1.54, 1.807) is 0 Å². The van der Waals surface area contributed by atoms with Crippen molar-refractivity contribution in [3.05, 3.63) is 23.8 Å². The van der Waals surface area contributed by atoms with Gasteiger partial charge in [0.05, 0.1) is 6.54 Å². The molecule has 1 heterocycles. The van der Waals surface area contributed by atoms with Crippen LogP contribution in [0.3, 0.4) is 0 Å². The molecule has 23 heavy (non-hydrogen) atoms. The van der Waals surface area contributed by atoms with Crippen LogP contribution in [0, 0.1) is 11.8 Å². The molecular weight excluding hydrogens is 286 g/mol. The van der Waals surface area contributed by atoms with E-state index in [2.05, 4.69) is 30.1 Å². The third-order valence-corrected chi connectivity index (χ3v) is 5.77. The number of nitrogen functional groups attached to an aromatic ring is 1. The maximum atomic E-state index is 12.5. The Hall–Kier alpha value is -1.71. The maximum Gasteiger partial charge on any atom is 0.239 e. The Bertz CT molecular complexity index is 572. The number of nitrogens with two attached hydrogens (primary N) is 1. The number of carbonyl (C=O) groups excluding carboxylic acids is 1. The molecule has 1 aliphatic heterocycles. The van der Waals surface area contributed by atoms with Crippen LogP contribution in [0.25, 0.3) is 0 Å². The Labute approximate surface area is 139 Å². The number of hydrogen-bond donors (Lipinski definition) is 2. The van der Waals surface area contributed by atoms with Crippen molar-refractivity contribution in [2.45, 2.75) is 52.0 Å². The standard InChI is InChI=1S/C19H29N3O/c1-13-6-3-9-17(14(13)2)21-19(23)12-22-11-5-7-15-16(20)8-4-10-18(15)22/h4,8,10,13-14,17H,3,5-7,9,11-12,20H2,1-2H3,(H,21,23). The summed E-state index contributed by atoms with van der Waals surface area (Å²) in [4.78, 5) is 14.7. The predicted molar refractivity (Wildman–Crippen MR) is 95.5 cm³/mol. The maximum absolute atomic E-state index is 12.5. The van der Waals surface area contributed by atoms with Gasteiger partial charge in [0.25, 0.3) is 0 Å². The molecule has 1 saturated carbocycles. The quantitative estimate of drug-likeness (QED) is 0.843. The summed E-state index contributed by atoms with van der Waals surface area (Å²) >= 11 is 0. The summed E-state index contributed by atoms with van der Waals surface area (Å²) < 4.78 is 0. The molecular formula is C19H29N3O. The Kier molecular flexibility index (Phi) is 4.79. The number of nitrogens with one attached hydrogen (secondary N) is 1. The highest BCUT2D eigenvalue weighted by molar-refractivity contribution is 5.83. The van der Waals surface area contributed by atoms with E-state index in [1.165, 1.54) is 18.4 Å². The Balaban J connectivity index is 1.64. The molecule has 3 unspecified atom stereocenters. The fraction of sp³-hybridized carbons (Fsp3) is 0.632. The summed E-state index contributed by atoms with van der Waals surface area (Å²) in [5.41, 5.74) is 9.28. The van der Waals surface area contributed by atoms with Crippen molar-refractivity contribution >= 4 is 17.3 Å². The van der Waals surface area contributed by atoms with Gasteiger partial charge in [-0.3, -0.25) is 4.79 Å². The van der Waals surface area contributed by atoms with Crippen molar-refractivity contribution in [1.29, 1.82) is 0 Å². The minimum absolute atomic E-state index is 0.145. The van der Waals surface area contributed by atoms with Gasteiger partial charge in [-0.2, -0.15) is 0 Å². The summed E-state index contributed by atoms with van der Waals surface area (Å²) in [5, 5.41) is 3.28. The number of fused-ring (bicyclic) bond motifs is 1. The van der Waals surface area contributed by atoms with Gasteiger partial charge < -0.3 is 16.0 Å². The topological polar surface area (TPSA) is 58.4 Å². The molecule has 3 atom stereocenters. The third-order valence-electron chi connectivity index (χ3n) is 5.77. The molecule has 4 nitrogen and oxygen atoms in total. The lowest BCUT2D eigenvalue weighted by atomic mass is 9.78. The molecule has 0 aromatic heterocycles. The van der Waals surface area contributed by atoms with Crippen LogP contribution >= 0.6 is 0 Å². The van der Waals surface area contributed by atoms with Gasteiger partial charge in [-0.25, -0.2) is 0 Å². The van der Waals surface area contributed by atoms with Crippen LogP contribution in [0.5, 0.6) is 0 Å². The van der Waals surface area contributed by atoms with Gasteiger partial charge in [0.15, 0.2) is 0 Å². The van der Waals surface area contributed by atoms with Crippen molar-refractivity contribution in [3.8, 4) is 0 Å². The highest BCUT2D eigenvalue weighted by atomic mass is 16.2. The molecule has 3 N–H and O–H groups in total. The molecule has 1 aromatic rings. The van der Waals surface area contributed by atoms with Gasteiger partial charge in [0.2, 0.25) is 5.91 Å². The second-order valence-electron chi connectivity index (χ2n) is 7.31. The average Bonchev–Trinajstić information content (AvgIpc) is 2.53. The van der Waals surface area contributed by atoms with E-state index >= 15 is 0 Å². The molecule has 3 rings (SSSR count). The van der Waals surface area contributed by atoms with Crippen LogP contribution in [-0.2, 0) is 11.2 Å². The monoisotopic (exact) mass is 315 g/mol. The molecule has 126 valence electrons. The van der Waals surface area contributed by atoms with Crippen LogP contribution in [-0.4, -0.2) is 25.0 Å². The number of nitrogens with zero attached hydrogens (tertiary/aromatic N) is 1. The van der Waals surface area contributed by atoms with Gasteiger partial charge >= 0.3 is 0 Å². The summed E-state index contributed by atoms with van der Waals surface area (Å²) in [6, 6.07) is 6.35. The van der Waals surface area contributed by atoms with Crippen LogP contribution in [0.2, 0.25) is 0 Å². The zero-order valence-corrected chi connectivity index (χ0v) is 14.3. The van der Waals surface area contributed by atoms with E-state index in [-0.39, 0.29) is 5.91 Å². The lowest BCUT2D eigenvalue weighted by Crippen LogP contribution is -2.48. The van der Waals surface area contributed by atoms with E-state index in [0.29, 0.717) is 24.4 Å². The highest BCUT2D eigenvalue weighted by Gasteiger charge is 2.29. The number of benzene rings is 1. The van der Waals surface area contributed by atoms with E-state index in [9.17, 15) is 4.79 Å². The van der Waals surface area contributed by atoms with E-state index in [4.69, 9.17) is 5.73 Å². The summed E-state index contributed by atoms with van der Waals surface area (Å²) in [6.07, 6.45) is 5.69. The Morgan fingerprint density at radius 2 is 2.13 bits per heavy atom. The molecule has 0 saturated heterocycles. The summed E-state index contributed by atoms with van der Waals surface area (Å²) in [7, 11) is 0. The zero-order chi connectivity index (χ0) is 16.4. The Morgan fingerprint density at radius 3 is 2.96 bits per heavy atom. The smallest absolute Gasteiger partial charge is 0.239 e. The average molecular weight is 315 g/mol. The van der Waals surface area contributed by atoms with Gasteiger partial charge in [0, 0.05) is 24.0 Å². The van der Waals surface area contributed by atoms with Gasteiger partial charge in [-0.05, 0) is 48.8 Å². The van der Waals surface area contributed by atoms with Gasteiger partial charge in [0.1, 0.15) is 0 Å². The minimum Gasteiger partial charge on any atom is -0.398 e. The normalized spacial score (nSPS) is 27.4. The first-order valence-corrected chi connectivity index (χ1v) is 8.98. The van der Waals surface area contributed by atoms with Crippen LogP contribution < -0.4 is 16.0 Å². The number of carbonyl (C=O) groups is 1. The first-order valence-electron chi connectivity index (χ1n) is 8.98. The zero-order valence-electron chi connectivity index (χ0n) is 14.3. The number of rotatable bonds is 3. The fourth-order valence-corrected chi connectivity index (χ4v) is 4.10. The summed E-state index contributed by atoms with van der Waals surface area (Å²) in [5.74, 6) is 1.41. The molecule has 1 fully saturated rings. The number of anilines is 2. The van der Waals surface area contributed by atoms with Crippen LogP contribution in [0.1, 0.15) is 45.1 Å². The lowest BCUT2D eigenvalue weighted by Gasteiger charge is -2.36. The van der Waals surface area contributed by atoms with Gasteiger partial charge in [-0.1, -0.05) is 32.8 Å². The highest BCUT2D eigenvalue weighted by Crippen LogP contribution is 2.32. The molecule has 1 aliphatic carbocycles. The van der Waals surface area contributed by atoms with Gasteiger partial charge in [-0.15, -0.1) is 0 Å². The molecule has 0 radical (unpaired) electrons. The third kappa shape index (κ3) is 3.46. The Morgan fingerprint density at radius 1 is 1.30 bits per heavy atom. The second-order valence-corrected chi connectivity index (χ2v) is 7.31. The second kappa shape index (κ2) is 6.81. The number of hydrogen-bond acceptors (Lipinski definition) is 3. The fourth-order valence-electron chi connectivity index (χ4n) is 4.10. The lowest BCUT2D eigenvalue weighted by molar-refractivity contribution is -0.121. The molecule has 1 amide bonds. The van der Waals surface area contributed by atoms with Crippen molar-refractivity contribution in [2.75, 3.05) is 23.7 Å². The first kappa shape index (κ1) is 16.2. The first-order chi connectivity index (χ1) is 11.1. The predicted octanol–water partition coefficient (Wildman–Crippen LogP) is 2.96. The summed E-state index contributed by atoms with van der Waals surface area (Å²) in [6.45, 7) is 5.94. The largest absolute Gasteiger partial charge is 0.398 e. The molecule has 0 spiro atoms. The minimum atomic E-state index is 0.145. The number of amides is 1. The van der Waals surface area contributed by atoms with Crippen LogP contribution in [0.15, 0.2) is 18.2 Å². The van der Waals surface area contributed by atoms with Crippen molar-refractivity contribution < 1.29 is 4.79 Å². The van der Waals surface area contributed by atoms with Crippen molar-refractivity contribution in [2.24, 2.45) is 11.8 Å². The van der Waals surface area contributed by atoms with Crippen molar-refractivity contribution in [3.63, 3.8) is 0 Å². The van der Waals surface area contributed by atoms with E-state index in [0.717, 1.165) is 37.2 Å². The van der Waals surface area contributed by atoms with E-state index in [1.807, 2.05) is 12.1 Å². The molecule has 1 aromatic carbocycles. The van der Waals surface area contributed by atoms with Crippen LogP contribution in [0.4, 0.5) is 11.4 Å². The molecule has 2 aliphatic rings. The molecule has 4 heteroatoms. The molecule has 0 bridgehead atoms. The SMILES string of the molecule is CC1CCCC(NC(=O)CN2CCCc3c(N)cccc32)C1C. The van der Waals surface area contributed by atoms with E-state index < -0.39 is 0 Å².